The van der Waals surface area contributed by atoms with Crippen LogP contribution in [0.5, 0.6) is 0 Å². The lowest BCUT2D eigenvalue weighted by Gasteiger charge is -2.03. The van der Waals surface area contributed by atoms with Crippen LogP contribution >= 0.6 is 0 Å². The summed E-state index contributed by atoms with van der Waals surface area (Å²) in [6.07, 6.45) is 1.69. The molecular weight excluding hydrogens is 252 g/mol. The highest BCUT2D eigenvalue weighted by Crippen LogP contribution is 2.19. The summed E-state index contributed by atoms with van der Waals surface area (Å²) < 4.78 is 5.63. The number of aliphatic imine (C=N–C) groups is 1. The van der Waals surface area contributed by atoms with Crippen LogP contribution in [0.15, 0.2) is 58.1 Å². The Hall–Kier alpha value is -2.56. The van der Waals surface area contributed by atoms with Crippen molar-refractivity contribution in [1.82, 2.24) is 10.3 Å². The Bertz CT molecular complexity index is 601. The molecule has 1 heterocycles. The first kappa shape index (κ1) is 13.9. The lowest BCUT2D eigenvalue weighted by atomic mass is 10.2. The maximum atomic E-state index is 5.72. The molecule has 0 amide bonds. The topological polar surface area (TPSA) is 76.4 Å². The van der Waals surface area contributed by atoms with Crippen LogP contribution in [-0.4, -0.2) is 17.5 Å². The molecule has 0 unspecified atom stereocenters. The molecular formula is C15H18N4O. The fourth-order valence-corrected chi connectivity index (χ4v) is 1.57. The van der Waals surface area contributed by atoms with Crippen LogP contribution in [-0.2, 0) is 6.54 Å². The third-order valence-electron chi connectivity index (χ3n) is 2.57. The van der Waals surface area contributed by atoms with Gasteiger partial charge in [-0.2, -0.15) is 0 Å². The summed E-state index contributed by atoms with van der Waals surface area (Å²) in [7, 11) is 0. The van der Waals surface area contributed by atoms with Gasteiger partial charge < -0.3 is 15.5 Å². The molecule has 0 fully saturated rings. The van der Waals surface area contributed by atoms with Gasteiger partial charge in [0.1, 0.15) is 6.54 Å². The van der Waals surface area contributed by atoms with Gasteiger partial charge in [-0.15, -0.1) is 0 Å². The monoisotopic (exact) mass is 270 g/mol. The zero-order chi connectivity index (χ0) is 14.4. The van der Waals surface area contributed by atoms with E-state index >= 15 is 0 Å². The van der Waals surface area contributed by atoms with Gasteiger partial charge in [-0.3, -0.25) is 0 Å². The zero-order valence-corrected chi connectivity index (χ0v) is 11.5. The Morgan fingerprint density at radius 3 is 2.85 bits per heavy atom. The van der Waals surface area contributed by atoms with E-state index in [0.717, 1.165) is 16.9 Å². The van der Waals surface area contributed by atoms with Crippen LogP contribution in [0.3, 0.4) is 0 Å². The first-order chi connectivity index (χ1) is 9.65. The Kier molecular flexibility index (Phi) is 4.55. The standard InChI is InChI=1S/C15H18N4O/c1-11(2)8-18-15(16)19-10-14-17-9-13(20-14)12-6-4-3-5-7-12/h3-7,9H,1,8,10H2,2H3,(H3,16,18,19). The number of aromatic nitrogens is 1. The number of nitrogens with zero attached hydrogens (tertiary/aromatic N) is 2. The van der Waals surface area contributed by atoms with Crippen molar-refractivity contribution >= 4 is 5.96 Å². The summed E-state index contributed by atoms with van der Waals surface area (Å²) in [5.74, 6) is 1.61. The van der Waals surface area contributed by atoms with E-state index in [1.165, 1.54) is 0 Å². The molecule has 2 aromatic rings. The summed E-state index contributed by atoms with van der Waals surface area (Å²) in [6, 6.07) is 9.80. The van der Waals surface area contributed by atoms with Gasteiger partial charge in [-0.25, -0.2) is 9.98 Å². The Morgan fingerprint density at radius 2 is 2.15 bits per heavy atom. The van der Waals surface area contributed by atoms with Crippen LogP contribution in [0.25, 0.3) is 11.3 Å². The van der Waals surface area contributed by atoms with Crippen molar-refractivity contribution in [2.24, 2.45) is 10.7 Å². The number of oxazole rings is 1. The Labute approximate surface area is 118 Å². The molecule has 0 saturated heterocycles. The Balaban J connectivity index is 1.96. The van der Waals surface area contributed by atoms with Crippen LogP contribution in [0.1, 0.15) is 12.8 Å². The zero-order valence-electron chi connectivity index (χ0n) is 11.5. The predicted molar refractivity (Wildman–Crippen MR) is 80.1 cm³/mol. The van der Waals surface area contributed by atoms with Crippen molar-refractivity contribution < 1.29 is 4.42 Å². The first-order valence-corrected chi connectivity index (χ1v) is 6.33. The fourth-order valence-electron chi connectivity index (χ4n) is 1.57. The molecule has 0 atom stereocenters. The lowest BCUT2D eigenvalue weighted by Crippen LogP contribution is -2.32. The third-order valence-corrected chi connectivity index (χ3v) is 2.57. The number of hydrogen-bond donors (Lipinski definition) is 2. The van der Waals surface area contributed by atoms with Gasteiger partial charge in [-0.1, -0.05) is 42.5 Å². The molecule has 3 N–H and O–H groups in total. The molecule has 1 aromatic carbocycles. The first-order valence-electron chi connectivity index (χ1n) is 6.33. The number of nitrogens with one attached hydrogen (secondary N) is 1. The average Bonchev–Trinajstić information content (AvgIpc) is 2.93. The molecule has 1 aromatic heterocycles. The average molecular weight is 270 g/mol. The van der Waals surface area contributed by atoms with Crippen LogP contribution in [0.4, 0.5) is 0 Å². The van der Waals surface area contributed by atoms with E-state index in [1.54, 1.807) is 6.20 Å². The van der Waals surface area contributed by atoms with E-state index in [9.17, 15) is 0 Å². The SMILES string of the molecule is C=C(C)CNC(N)=NCc1ncc(-c2ccccc2)o1. The van der Waals surface area contributed by atoms with Gasteiger partial charge in [-0.05, 0) is 6.92 Å². The molecule has 0 bridgehead atoms. The molecule has 5 nitrogen and oxygen atoms in total. The van der Waals surface area contributed by atoms with Crippen LogP contribution in [0.2, 0.25) is 0 Å². The summed E-state index contributed by atoms with van der Waals surface area (Å²) in [5.41, 5.74) is 7.70. The molecule has 0 aliphatic rings. The minimum Gasteiger partial charge on any atom is -0.439 e. The van der Waals surface area contributed by atoms with Gasteiger partial charge in [0.25, 0.3) is 0 Å². The van der Waals surface area contributed by atoms with E-state index in [0.29, 0.717) is 24.9 Å². The quantitative estimate of drug-likeness (QED) is 0.496. The van der Waals surface area contributed by atoms with Crippen molar-refractivity contribution in [2.75, 3.05) is 6.54 Å². The normalized spacial score (nSPS) is 11.3. The van der Waals surface area contributed by atoms with E-state index < -0.39 is 0 Å². The van der Waals surface area contributed by atoms with Gasteiger partial charge in [0.05, 0.1) is 6.20 Å². The van der Waals surface area contributed by atoms with Crippen molar-refractivity contribution in [3.63, 3.8) is 0 Å². The summed E-state index contributed by atoms with van der Waals surface area (Å²) in [4.78, 5) is 8.34. The number of hydrogen-bond acceptors (Lipinski definition) is 3. The third kappa shape index (κ3) is 3.98. The lowest BCUT2D eigenvalue weighted by molar-refractivity contribution is 0.509. The van der Waals surface area contributed by atoms with Gasteiger partial charge >= 0.3 is 0 Å². The molecule has 0 saturated carbocycles. The highest BCUT2D eigenvalue weighted by molar-refractivity contribution is 5.77. The van der Waals surface area contributed by atoms with Crippen molar-refractivity contribution in [1.29, 1.82) is 0 Å². The van der Waals surface area contributed by atoms with Gasteiger partial charge in [0.15, 0.2) is 11.7 Å². The Morgan fingerprint density at radius 1 is 1.40 bits per heavy atom. The van der Waals surface area contributed by atoms with E-state index in [-0.39, 0.29) is 0 Å². The molecule has 0 spiro atoms. The maximum absolute atomic E-state index is 5.72. The predicted octanol–water partition coefficient (Wildman–Crippen LogP) is 2.32. The van der Waals surface area contributed by atoms with Gasteiger partial charge in [0.2, 0.25) is 5.89 Å². The second-order valence-corrected chi connectivity index (χ2v) is 4.50. The molecule has 2 rings (SSSR count). The number of nitrogens with two attached hydrogens (primary N) is 1. The minimum atomic E-state index is 0.307. The van der Waals surface area contributed by atoms with E-state index in [1.807, 2.05) is 37.3 Å². The number of rotatable bonds is 5. The smallest absolute Gasteiger partial charge is 0.216 e. The summed E-state index contributed by atoms with van der Waals surface area (Å²) in [6.45, 7) is 6.61. The van der Waals surface area contributed by atoms with E-state index in [4.69, 9.17) is 10.2 Å². The number of guanidine groups is 1. The van der Waals surface area contributed by atoms with Crippen molar-refractivity contribution in [3.05, 3.63) is 54.6 Å². The van der Waals surface area contributed by atoms with Gasteiger partial charge in [0, 0.05) is 12.1 Å². The fraction of sp³-hybridized carbons (Fsp3) is 0.200. The number of benzene rings is 1. The highest BCUT2D eigenvalue weighted by atomic mass is 16.4. The minimum absolute atomic E-state index is 0.307. The molecule has 0 aliphatic heterocycles. The van der Waals surface area contributed by atoms with Crippen LogP contribution in [0, 0.1) is 0 Å². The second-order valence-electron chi connectivity index (χ2n) is 4.50. The van der Waals surface area contributed by atoms with Crippen molar-refractivity contribution in [2.45, 2.75) is 13.5 Å². The maximum Gasteiger partial charge on any atom is 0.216 e. The van der Waals surface area contributed by atoms with E-state index in [2.05, 4.69) is 21.9 Å². The molecule has 5 heteroatoms. The summed E-state index contributed by atoms with van der Waals surface area (Å²) >= 11 is 0. The highest BCUT2D eigenvalue weighted by Gasteiger charge is 2.05. The largest absolute Gasteiger partial charge is 0.439 e. The molecule has 20 heavy (non-hydrogen) atoms. The van der Waals surface area contributed by atoms with Crippen LogP contribution < -0.4 is 11.1 Å². The molecule has 0 radical (unpaired) electrons. The molecule has 104 valence electrons. The summed E-state index contributed by atoms with van der Waals surface area (Å²) in [5, 5.41) is 2.95. The van der Waals surface area contributed by atoms with Crippen molar-refractivity contribution in [3.8, 4) is 11.3 Å². The molecule has 0 aliphatic carbocycles. The second kappa shape index (κ2) is 6.56.